The summed E-state index contributed by atoms with van der Waals surface area (Å²) in [6.45, 7) is 10.0. The molecule has 39 heavy (non-hydrogen) atoms. The Morgan fingerprint density at radius 1 is 1.08 bits per heavy atom. The van der Waals surface area contributed by atoms with Gasteiger partial charge >= 0.3 is 6.09 Å². The lowest BCUT2D eigenvalue weighted by atomic mass is 9.71. The molecular formula is C32H35ClN2O4. The van der Waals surface area contributed by atoms with Crippen molar-refractivity contribution in [2.24, 2.45) is 5.92 Å². The summed E-state index contributed by atoms with van der Waals surface area (Å²) in [5.74, 6) is -0.00485. The smallest absolute Gasteiger partial charge is 0.410 e. The summed E-state index contributed by atoms with van der Waals surface area (Å²) in [5.41, 5.74) is 3.50. The molecule has 6 nitrogen and oxygen atoms in total. The number of hydrogen-bond acceptors (Lipinski definition) is 4. The van der Waals surface area contributed by atoms with Crippen LogP contribution in [0.4, 0.5) is 16.2 Å². The Hall–Kier alpha value is -3.35. The van der Waals surface area contributed by atoms with Gasteiger partial charge < -0.3 is 14.7 Å². The van der Waals surface area contributed by atoms with E-state index < -0.39 is 11.0 Å². The average Bonchev–Trinajstić information content (AvgIpc) is 3.41. The predicted octanol–water partition coefficient (Wildman–Crippen LogP) is 7.08. The van der Waals surface area contributed by atoms with Crippen LogP contribution < -0.4 is 4.90 Å². The fraction of sp³-hybridized carbons (Fsp3) is 0.375. The van der Waals surface area contributed by atoms with Crippen LogP contribution in [-0.2, 0) is 21.6 Å². The van der Waals surface area contributed by atoms with Gasteiger partial charge in [-0.25, -0.2) is 4.79 Å². The molecule has 3 aromatic carbocycles. The highest BCUT2D eigenvalue weighted by atomic mass is 35.5. The van der Waals surface area contributed by atoms with Crippen LogP contribution in [0, 0.1) is 5.92 Å². The zero-order chi connectivity index (χ0) is 28.1. The summed E-state index contributed by atoms with van der Waals surface area (Å²) >= 11 is 6.38. The Bertz CT molecular complexity index is 1430. The van der Waals surface area contributed by atoms with Crippen LogP contribution in [0.1, 0.15) is 52.2 Å². The third-order valence-electron chi connectivity index (χ3n) is 7.72. The number of fused-ring (bicyclic) bond motifs is 2. The third kappa shape index (κ3) is 4.60. The molecule has 1 spiro atoms. The summed E-state index contributed by atoms with van der Waals surface area (Å²) in [6, 6.07) is 21.0. The van der Waals surface area contributed by atoms with Crippen LogP contribution in [-0.4, -0.2) is 40.2 Å². The van der Waals surface area contributed by atoms with Crippen molar-refractivity contribution >= 4 is 35.0 Å². The second-order valence-electron chi connectivity index (χ2n) is 11.8. The molecule has 0 aromatic heterocycles. The summed E-state index contributed by atoms with van der Waals surface area (Å²) in [7, 11) is 0. The van der Waals surface area contributed by atoms with Crippen LogP contribution in [0.2, 0.25) is 5.02 Å². The van der Waals surface area contributed by atoms with Crippen molar-refractivity contribution in [3.8, 4) is 11.1 Å². The largest absolute Gasteiger partial charge is 0.444 e. The lowest BCUT2D eigenvalue weighted by Gasteiger charge is -2.37. The van der Waals surface area contributed by atoms with Crippen molar-refractivity contribution in [2.45, 2.75) is 64.7 Å². The minimum atomic E-state index is -0.871. The maximum atomic E-state index is 14.6. The van der Waals surface area contributed by atoms with Crippen molar-refractivity contribution in [1.82, 2.24) is 4.90 Å². The number of benzene rings is 3. The van der Waals surface area contributed by atoms with Gasteiger partial charge in [0.2, 0.25) is 5.91 Å². The summed E-state index contributed by atoms with van der Waals surface area (Å²) in [5, 5.41) is 9.99. The van der Waals surface area contributed by atoms with Gasteiger partial charge in [-0.3, -0.25) is 9.69 Å². The molecule has 0 saturated carbocycles. The van der Waals surface area contributed by atoms with E-state index >= 15 is 0 Å². The molecule has 0 aliphatic carbocycles. The molecule has 2 amide bonds. The molecule has 1 N–H and O–H groups in total. The van der Waals surface area contributed by atoms with E-state index in [9.17, 15) is 14.7 Å². The van der Waals surface area contributed by atoms with Crippen molar-refractivity contribution in [1.29, 1.82) is 0 Å². The van der Waals surface area contributed by atoms with Crippen molar-refractivity contribution < 1.29 is 19.4 Å². The molecule has 2 atom stereocenters. The maximum Gasteiger partial charge on any atom is 0.410 e. The number of ether oxygens (including phenoxy) is 1. The second kappa shape index (κ2) is 10.00. The first-order chi connectivity index (χ1) is 18.5. The monoisotopic (exact) mass is 546 g/mol. The van der Waals surface area contributed by atoms with E-state index in [1.807, 2.05) is 87.5 Å². The molecule has 5 rings (SSSR count). The van der Waals surface area contributed by atoms with Gasteiger partial charge in [0.05, 0.1) is 23.8 Å². The normalized spacial score (nSPS) is 20.7. The zero-order valence-electron chi connectivity index (χ0n) is 23.1. The number of hydrogen-bond donors (Lipinski definition) is 1. The van der Waals surface area contributed by atoms with E-state index in [0.29, 0.717) is 23.6 Å². The number of anilines is 2. The quantitative estimate of drug-likeness (QED) is 0.379. The van der Waals surface area contributed by atoms with E-state index in [1.54, 1.807) is 9.80 Å². The second-order valence-corrected chi connectivity index (χ2v) is 12.2. The molecule has 204 valence electrons. The number of nitrogens with zero attached hydrogens (tertiary/aromatic N) is 2. The maximum absolute atomic E-state index is 14.6. The van der Waals surface area contributed by atoms with Gasteiger partial charge in [-0.2, -0.15) is 0 Å². The minimum Gasteiger partial charge on any atom is -0.444 e. The Balaban J connectivity index is 1.58. The highest BCUT2D eigenvalue weighted by molar-refractivity contribution is 6.31. The molecule has 1 fully saturated rings. The first-order valence-corrected chi connectivity index (χ1v) is 13.8. The zero-order valence-corrected chi connectivity index (χ0v) is 23.8. The van der Waals surface area contributed by atoms with Crippen LogP contribution in [0.25, 0.3) is 11.1 Å². The number of carbonyl (C=O) groups excluding carboxylic acids is 2. The van der Waals surface area contributed by atoms with E-state index in [4.69, 9.17) is 16.3 Å². The minimum absolute atomic E-state index is 0.0236. The molecule has 0 unspecified atom stereocenters. The SMILES string of the molecule is CC(C)[C@@H]1N(C(=O)OC(C)(C)C)CC[C@@]12C(=O)N(c1cccc(-c3ccc(CO)c(Cl)c3)c1)c1ccccc12. The van der Waals surface area contributed by atoms with Crippen molar-refractivity contribution in [3.63, 3.8) is 0 Å². The van der Waals surface area contributed by atoms with E-state index in [0.717, 1.165) is 28.1 Å². The van der Waals surface area contributed by atoms with Gasteiger partial charge in [-0.15, -0.1) is 0 Å². The number of carbonyl (C=O) groups is 2. The lowest BCUT2D eigenvalue weighted by molar-refractivity contribution is -0.123. The Morgan fingerprint density at radius 2 is 1.79 bits per heavy atom. The fourth-order valence-corrected chi connectivity index (χ4v) is 6.48. The van der Waals surface area contributed by atoms with Crippen LogP contribution in [0.3, 0.4) is 0 Å². The molecule has 2 aliphatic heterocycles. The van der Waals surface area contributed by atoms with Crippen LogP contribution >= 0.6 is 11.6 Å². The molecule has 1 saturated heterocycles. The fourth-order valence-electron chi connectivity index (χ4n) is 6.24. The van der Waals surface area contributed by atoms with Gasteiger partial charge in [0.1, 0.15) is 5.60 Å². The van der Waals surface area contributed by atoms with Gasteiger partial charge in [-0.1, -0.05) is 67.9 Å². The Morgan fingerprint density at radius 3 is 2.46 bits per heavy atom. The third-order valence-corrected chi connectivity index (χ3v) is 8.07. The first-order valence-electron chi connectivity index (χ1n) is 13.4. The predicted molar refractivity (Wildman–Crippen MR) is 154 cm³/mol. The number of aliphatic hydroxyl groups is 1. The molecule has 0 radical (unpaired) electrons. The number of likely N-dealkylation sites (tertiary alicyclic amines) is 1. The number of halogens is 1. The Kier molecular flexibility index (Phi) is 6.98. The van der Waals surface area contributed by atoms with Crippen molar-refractivity contribution in [2.75, 3.05) is 11.4 Å². The van der Waals surface area contributed by atoms with E-state index in [1.165, 1.54) is 0 Å². The molecular weight excluding hydrogens is 512 g/mol. The molecule has 0 bridgehead atoms. The molecule has 2 aliphatic rings. The molecule has 7 heteroatoms. The number of aliphatic hydroxyl groups excluding tert-OH is 1. The lowest BCUT2D eigenvalue weighted by Crippen LogP contribution is -2.53. The number of para-hydroxylation sites is 1. The van der Waals surface area contributed by atoms with Gasteiger partial charge in [0.15, 0.2) is 0 Å². The highest BCUT2D eigenvalue weighted by Crippen LogP contribution is 2.54. The van der Waals surface area contributed by atoms with E-state index in [-0.39, 0.29) is 30.6 Å². The summed E-state index contributed by atoms with van der Waals surface area (Å²) < 4.78 is 5.77. The van der Waals surface area contributed by atoms with E-state index in [2.05, 4.69) is 13.8 Å². The van der Waals surface area contributed by atoms with Gasteiger partial charge in [0.25, 0.3) is 0 Å². The van der Waals surface area contributed by atoms with Gasteiger partial charge in [-0.05, 0) is 79.6 Å². The highest BCUT2D eigenvalue weighted by Gasteiger charge is 2.62. The standard InChI is InChI=1S/C32H35ClN2O4/c1-20(2)28-32(15-16-34(28)30(38)39-31(3,4)5)25-11-6-7-12-27(25)35(29(32)37)24-10-8-9-21(17-24)22-13-14-23(19-36)26(33)18-22/h6-14,17-18,20,28,36H,15-16,19H2,1-5H3/t28-,32-/m0/s1. The first kappa shape index (κ1) is 27.2. The summed E-state index contributed by atoms with van der Waals surface area (Å²) in [6.07, 6.45) is 0.145. The molecule has 2 heterocycles. The molecule has 3 aromatic rings. The Labute approximate surface area is 235 Å². The number of rotatable bonds is 4. The topological polar surface area (TPSA) is 70.1 Å². The van der Waals surface area contributed by atoms with Crippen LogP contribution in [0.5, 0.6) is 0 Å². The summed E-state index contributed by atoms with van der Waals surface area (Å²) in [4.78, 5) is 31.5. The van der Waals surface area contributed by atoms with Crippen molar-refractivity contribution in [3.05, 3.63) is 82.9 Å². The average molecular weight is 547 g/mol. The van der Waals surface area contributed by atoms with Gasteiger partial charge in [0, 0.05) is 17.3 Å². The van der Waals surface area contributed by atoms with Crippen LogP contribution in [0.15, 0.2) is 66.7 Å². The number of amides is 2.